The Morgan fingerprint density at radius 1 is 0.923 bits per heavy atom. The number of amides is 1. The number of primary sulfonamides is 1. The van der Waals surface area contributed by atoms with Crippen molar-refractivity contribution in [3.63, 3.8) is 0 Å². The first-order valence-electron chi connectivity index (χ1n) is 12.9. The van der Waals surface area contributed by atoms with E-state index in [0.717, 1.165) is 28.2 Å². The first kappa shape index (κ1) is 27.7. The molecule has 1 unspecified atom stereocenters. The molecule has 2 N–H and O–H groups in total. The standard InChI is InChI=1S/C29H33N3O4S2Si/c1-29(2,3)39(24-11-6-4-7-12-24,25-13-8-5-9-14-25)36-32-26(31-20-10-15-27(31)33)21-37-28(32)22-16-18-23(19-17-22)38(30,34)35/h4-9,11-14,16-19,21,28H,10,15,20H2,1-3H3,(H2,30,34,35). The predicted octanol–water partition coefficient (Wildman–Crippen LogP) is 4.29. The minimum absolute atomic E-state index is 0.0524. The number of thioether (sulfide) groups is 1. The highest BCUT2D eigenvalue weighted by molar-refractivity contribution is 8.02. The second kappa shape index (κ2) is 10.6. The molecule has 1 saturated heterocycles. The molecule has 1 fully saturated rings. The minimum atomic E-state index is -3.82. The van der Waals surface area contributed by atoms with Crippen molar-refractivity contribution in [2.75, 3.05) is 6.54 Å². The van der Waals surface area contributed by atoms with Gasteiger partial charge in [-0.25, -0.2) is 18.6 Å². The highest BCUT2D eigenvalue weighted by atomic mass is 32.2. The van der Waals surface area contributed by atoms with E-state index in [1.807, 2.05) is 51.8 Å². The average Bonchev–Trinajstić information content (AvgIpc) is 3.52. The van der Waals surface area contributed by atoms with Gasteiger partial charge in [-0.1, -0.05) is 105 Å². The number of rotatable bonds is 7. The van der Waals surface area contributed by atoms with Gasteiger partial charge < -0.3 is 4.53 Å². The Balaban J connectivity index is 1.67. The van der Waals surface area contributed by atoms with Crippen molar-refractivity contribution < 1.29 is 17.7 Å². The first-order valence-corrected chi connectivity index (χ1v) is 17.3. The van der Waals surface area contributed by atoms with Crippen LogP contribution in [0.1, 0.15) is 44.6 Å². The van der Waals surface area contributed by atoms with Crippen LogP contribution < -0.4 is 15.5 Å². The Morgan fingerprint density at radius 3 is 1.95 bits per heavy atom. The Bertz CT molecular complexity index is 1430. The molecule has 0 radical (unpaired) electrons. The fourth-order valence-corrected chi connectivity index (χ4v) is 11.3. The summed E-state index contributed by atoms with van der Waals surface area (Å²) in [6, 6.07) is 27.3. The third-order valence-electron chi connectivity index (χ3n) is 7.24. The molecule has 2 heterocycles. The summed E-state index contributed by atoms with van der Waals surface area (Å²) in [6.45, 7) is 7.26. The van der Waals surface area contributed by atoms with Gasteiger partial charge in [0, 0.05) is 18.4 Å². The number of carbonyl (C=O) groups is 1. The molecule has 5 rings (SSSR count). The fourth-order valence-electron chi connectivity index (χ4n) is 5.32. The van der Waals surface area contributed by atoms with Gasteiger partial charge in [-0.3, -0.25) is 9.69 Å². The number of hydrogen-bond donors (Lipinski definition) is 1. The van der Waals surface area contributed by atoms with E-state index >= 15 is 0 Å². The molecule has 39 heavy (non-hydrogen) atoms. The maximum absolute atomic E-state index is 12.9. The zero-order valence-corrected chi connectivity index (χ0v) is 24.9. The topological polar surface area (TPSA) is 92.9 Å². The molecule has 0 aliphatic carbocycles. The number of nitrogens with zero attached hydrogens (tertiary/aromatic N) is 2. The molecule has 204 valence electrons. The van der Waals surface area contributed by atoms with Gasteiger partial charge in [-0.2, -0.15) is 0 Å². The lowest BCUT2D eigenvalue weighted by Crippen LogP contribution is -2.68. The average molecular weight is 580 g/mol. The molecule has 0 aromatic heterocycles. The van der Waals surface area contributed by atoms with E-state index in [4.69, 9.17) is 9.67 Å². The molecular weight excluding hydrogens is 547 g/mol. The van der Waals surface area contributed by atoms with Crippen molar-refractivity contribution in [1.82, 2.24) is 9.96 Å². The summed E-state index contributed by atoms with van der Waals surface area (Å²) >= 11 is 1.54. The lowest BCUT2D eigenvalue weighted by atomic mass is 10.2. The molecule has 0 spiro atoms. The fraction of sp³-hybridized carbons (Fsp3) is 0.276. The van der Waals surface area contributed by atoms with E-state index in [1.54, 1.807) is 23.9 Å². The number of hydrogen-bond acceptors (Lipinski definition) is 6. The molecule has 1 amide bonds. The van der Waals surface area contributed by atoms with E-state index in [-0.39, 0.29) is 21.2 Å². The summed E-state index contributed by atoms with van der Waals surface area (Å²) in [5.41, 5.74) is 0.850. The van der Waals surface area contributed by atoms with Crippen LogP contribution in [0.25, 0.3) is 0 Å². The van der Waals surface area contributed by atoms with E-state index in [0.29, 0.717) is 13.0 Å². The smallest absolute Gasteiger partial charge is 0.296 e. The van der Waals surface area contributed by atoms with E-state index in [2.05, 4.69) is 45.0 Å². The van der Waals surface area contributed by atoms with Gasteiger partial charge in [0.2, 0.25) is 15.9 Å². The third-order valence-corrected chi connectivity index (χ3v) is 14.1. The van der Waals surface area contributed by atoms with E-state index in [1.165, 1.54) is 12.1 Å². The normalized spacial score (nSPS) is 18.5. The molecule has 0 bridgehead atoms. The van der Waals surface area contributed by atoms with Crippen LogP contribution in [0, 0.1) is 0 Å². The summed E-state index contributed by atoms with van der Waals surface area (Å²) in [4.78, 5) is 14.8. The highest BCUT2D eigenvalue weighted by Gasteiger charge is 2.54. The summed E-state index contributed by atoms with van der Waals surface area (Å²) in [5.74, 6) is 0.791. The lowest BCUT2D eigenvalue weighted by molar-refractivity contribution is -0.132. The van der Waals surface area contributed by atoms with Gasteiger partial charge >= 0.3 is 0 Å². The molecule has 2 aliphatic heterocycles. The highest BCUT2D eigenvalue weighted by Crippen LogP contribution is 2.48. The lowest BCUT2D eigenvalue weighted by Gasteiger charge is -2.47. The van der Waals surface area contributed by atoms with Crippen LogP contribution >= 0.6 is 11.8 Å². The quantitative estimate of drug-likeness (QED) is 0.420. The number of carbonyl (C=O) groups excluding carboxylic acids is 1. The number of likely N-dealkylation sites (tertiary alicyclic amines) is 1. The first-order chi connectivity index (χ1) is 18.5. The molecule has 3 aromatic rings. The molecule has 10 heteroatoms. The second-order valence-electron chi connectivity index (χ2n) is 10.8. The number of nitrogens with two attached hydrogens (primary N) is 1. The van der Waals surface area contributed by atoms with Gasteiger partial charge in [-0.15, -0.1) is 0 Å². The van der Waals surface area contributed by atoms with Crippen LogP contribution in [0.3, 0.4) is 0 Å². The predicted molar refractivity (Wildman–Crippen MR) is 158 cm³/mol. The summed E-state index contributed by atoms with van der Waals surface area (Å²) in [7, 11) is -6.85. The summed E-state index contributed by atoms with van der Waals surface area (Å²) in [6.07, 6.45) is 1.30. The number of hydroxylamine groups is 2. The van der Waals surface area contributed by atoms with Crippen LogP contribution in [0.2, 0.25) is 5.04 Å². The van der Waals surface area contributed by atoms with Crippen LogP contribution in [-0.4, -0.2) is 39.2 Å². The van der Waals surface area contributed by atoms with E-state index in [9.17, 15) is 13.2 Å². The summed E-state index contributed by atoms with van der Waals surface area (Å²) in [5, 5.41) is 10.9. The zero-order chi connectivity index (χ0) is 27.8. The van der Waals surface area contributed by atoms with Crippen molar-refractivity contribution in [2.45, 2.75) is 48.9 Å². The third kappa shape index (κ3) is 5.19. The van der Waals surface area contributed by atoms with Gasteiger partial charge in [0.25, 0.3) is 8.32 Å². The minimum Gasteiger partial charge on any atom is -0.305 e. The second-order valence-corrected chi connectivity index (χ2v) is 17.5. The molecule has 1 atom stereocenters. The van der Waals surface area contributed by atoms with Crippen molar-refractivity contribution in [1.29, 1.82) is 0 Å². The van der Waals surface area contributed by atoms with Gasteiger partial charge in [-0.05, 0) is 39.5 Å². The Hall–Kier alpha value is -2.89. The number of benzene rings is 3. The maximum Gasteiger partial charge on any atom is 0.296 e. The molecule has 3 aromatic carbocycles. The van der Waals surface area contributed by atoms with Crippen molar-refractivity contribution in [3.8, 4) is 0 Å². The van der Waals surface area contributed by atoms with E-state index < -0.39 is 18.3 Å². The van der Waals surface area contributed by atoms with Crippen molar-refractivity contribution in [2.24, 2.45) is 5.14 Å². The molecular formula is C29H33N3O4S2Si. The Kier molecular flexibility index (Phi) is 7.51. The Morgan fingerprint density at radius 2 is 1.49 bits per heavy atom. The van der Waals surface area contributed by atoms with Crippen molar-refractivity contribution in [3.05, 3.63) is 102 Å². The summed E-state index contributed by atoms with van der Waals surface area (Å²) < 4.78 is 31.2. The van der Waals surface area contributed by atoms with Crippen molar-refractivity contribution >= 4 is 46.4 Å². The van der Waals surface area contributed by atoms with Gasteiger partial charge in [0.05, 0.1) is 4.90 Å². The van der Waals surface area contributed by atoms with Crippen LogP contribution in [0.15, 0.2) is 101 Å². The SMILES string of the molecule is CC(C)(C)[Si](ON1C(N2CCCC2=O)=CSC1c1ccc(S(N)(=O)=O)cc1)(c1ccccc1)c1ccccc1. The van der Waals surface area contributed by atoms with Gasteiger partial charge in [0.1, 0.15) is 11.2 Å². The maximum atomic E-state index is 12.9. The van der Waals surface area contributed by atoms with Crippen LogP contribution in [0.5, 0.6) is 0 Å². The van der Waals surface area contributed by atoms with Gasteiger partial charge in [0.15, 0.2) is 0 Å². The zero-order valence-electron chi connectivity index (χ0n) is 22.3. The molecule has 0 saturated carbocycles. The van der Waals surface area contributed by atoms with Crippen LogP contribution in [-0.2, 0) is 19.3 Å². The molecule has 2 aliphatic rings. The Labute approximate surface area is 235 Å². The van der Waals surface area contributed by atoms with Crippen LogP contribution in [0.4, 0.5) is 0 Å². The number of sulfonamides is 1. The largest absolute Gasteiger partial charge is 0.305 e. The monoisotopic (exact) mass is 579 g/mol. The molecule has 7 nitrogen and oxygen atoms in total.